The summed E-state index contributed by atoms with van der Waals surface area (Å²) in [6.07, 6.45) is 0. The van der Waals surface area contributed by atoms with E-state index in [0.717, 1.165) is 6.54 Å². The van der Waals surface area contributed by atoms with Gasteiger partial charge in [-0.05, 0) is 0 Å². The third kappa shape index (κ3) is 1.80. The second kappa shape index (κ2) is 4.32. The van der Waals surface area contributed by atoms with Crippen molar-refractivity contribution in [3.63, 3.8) is 0 Å². The van der Waals surface area contributed by atoms with E-state index < -0.39 is 0 Å². The number of hydrogen-bond donors (Lipinski definition) is 1. The average molecular weight is 249 g/mol. The van der Waals surface area contributed by atoms with E-state index in [-0.39, 0.29) is 0 Å². The number of aliphatic imine (C=N–C) groups is 1. The fraction of sp³-hybridized carbons (Fsp3) is 0.235. The van der Waals surface area contributed by atoms with Gasteiger partial charge >= 0.3 is 0 Å². The lowest BCUT2D eigenvalue weighted by Crippen LogP contribution is -2.96. The zero-order valence-electron chi connectivity index (χ0n) is 10.8. The van der Waals surface area contributed by atoms with Crippen LogP contribution < -0.4 is 4.90 Å². The Balaban J connectivity index is 1.67. The van der Waals surface area contributed by atoms with Crippen molar-refractivity contribution < 1.29 is 4.90 Å². The zero-order valence-corrected chi connectivity index (χ0v) is 10.8. The number of fused-ring (bicyclic) bond motifs is 1. The molecule has 1 fully saturated rings. The minimum atomic E-state index is 0.568. The Morgan fingerprint density at radius 2 is 1.53 bits per heavy atom. The highest BCUT2D eigenvalue weighted by atomic mass is 15.4. The molecule has 2 aromatic carbocycles. The summed E-state index contributed by atoms with van der Waals surface area (Å²) in [6, 6.07) is 22.7. The molecule has 3 atom stereocenters. The zero-order chi connectivity index (χ0) is 12.7. The summed E-state index contributed by atoms with van der Waals surface area (Å²) in [5.41, 5.74) is 4.05. The molecule has 2 heteroatoms. The van der Waals surface area contributed by atoms with Gasteiger partial charge in [0.05, 0.1) is 13.1 Å². The van der Waals surface area contributed by atoms with Crippen LogP contribution >= 0.6 is 0 Å². The lowest BCUT2D eigenvalue weighted by atomic mass is 10.0. The molecule has 0 aliphatic carbocycles. The highest BCUT2D eigenvalue weighted by Crippen LogP contribution is 2.27. The molecule has 0 spiro atoms. The molecule has 2 nitrogen and oxygen atoms in total. The van der Waals surface area contributed by atoms with E-state index in [2.05, 4.69) is 60.7 Å². The minimum Gasteiger partial charge on any atom is -0.309 e. The van der Waals surface area contributed by atoms with Crippen molar-refractivity contribution in [2.45, 2.75) is 12.1 Å². The van der Waals surface area contributed by atoms with Crippen molar-refractivity contribution in [1.82, 2.24) is 0 Å². The Kier molecular flexibility index (Phi) is 2.49. The number of nitrogens with one attached hydrogen (secondary N) is 1. The van der Waals surface area contributed by atoms with Gasteiger partial charge in [-0.15, -0.1) is 0 Å². The Labute approximate surface area is 113 Å². The summed E-state index contributed by atoms with van der Waals surface area (Å²) in [6.45, 7) is 2.12. The second-order valence-electron chi connectivity index (χ2n) is 5.32. The minimum absolute atomic E-state index is 0.568. The Hall–Kier alpha value is -1.93. The van der Waals surface area contributed by atoms with Gasteiger partial charge in [-0.3, -0.25) is 4.99 Å². The van der Waals surface area contributed by atoms with Crippen LogP contribution in [0.1, 0.15) is 17.2 Å². The van der Waals surface area contributed by atoms with Crippen LogP contribution in [0, 0.1) is 0 Å². The molecular formula is C17H17N2+. The predicted molar refractivity (Wildman–Crippen MR) is 76.6 cm³/mol. The molecule has 0 aromatic heterocycles. The molecule has 1 unspecified atom stereocenters. The maximum absolute atomic E-state index is 4.79. The SMILES string of the molecule is c1ccc(C2=NCC[NH+]3[C@H]2[C@H]3c2ccccc2)cc1. The summed E-state index contributed by atoms with van der Waals surface area (Å²) in [5.74, 6) is 0. The van der Waals surface area contributed by atoms with E-state index in [1.54, 1.807) is 4.90 Å². The summed E-state index contributed by atoms with van der Waals surface area (Å²) in [7, 11) is 0. The summed E-state index contributed by atoms with van der Waals surface area (Å²) in [4.78, 5) is 6.47. The fourth-order valence-corrected chi connectivity index (χ4v) is 3.31. The van der Waals surface area contributed by atoms with Crippen molar-refractivity contribution >= 4 is 5.71 Å². The summed E-state index contributed by atoms with van der Waals surface area (Å²) >= 11 is 0. The molecular weight excluding hydrogens is 232 g/mol. The third-order valence-corrected chi connectivity index (χ3v) is 4.23. The first-order valence-corrected chi connectivity index (χ1v) is 6.95. The smallest absolute Gasteiger partial charge is 0.188 e. The number of quaternary nitrogens is 1. The van der Waals surface area contributed by atoms with E-state index in [1.165, 1.54) is 23.4 Å². The van der Waals surface area contributed by atoms with Crippen molar-refractivity contribution in [2.75, 3.05) is 13.1 Å². The normalized spacial score (nSPS) is 28.4. The van der Waals surface area contributed by atoms with E-state index in [1.807, 2.05) is 0 Å². The number of benzene rings is 2. The monoisotopic (exact) mass is 249 g/mol. The van der Waals surface area contributed by atoms with Gasteiger partial charge in [-0.25, -0.2) is 0 Å². The highest BCUT2D eigenvalue weighted by molar-refractivity contribution is 6.05. The molecule has 1 saturated heterocycles. The quantitative estimate of drug-likeness (QED) is 0.777. The van der Waals surface area contributed by atoms with Gasteiger partial charge in [0, 0.05) is 11.1 Å². The first kappa shape index (κ1) is 10.9. The average Bonchev–Trinajstić information content (AvgIpc) is 3.23. The van der Waals surface area contributed by atoms with Crippen LogP contribution in [-0.4, -0.2) is 24.8 Å². The first-order valence-electron chi connectivity index (χ1n) is 6.95. The lowest BCUT2D eigenvalue weighted by molar-refractivity contribution is -0.785. The fourth-order valence-electron chi connectivity index (χ4n) is 3.31. The Bertz CT molecular complexity index is 604. The van der Waals surface area contributed by atoms with Crippen LogP contribution in [0.5, 0.6) is 0 Å². The molecule has 0 bridgehead atoms. The molecule has 2 heterocycles. The number of rotatable bonds is 2. The van der Waals surface area contributed by atoms with Crippen LogP contribution in [0.15, 0.2) is 65.7 Å². The number of hydrogen-bond acceptors (Lipinski definition) is 1. The third-order valence-electron chi connectivity index (χ3n) is 4.23. The predicted octanol–water partition coefficient (Wildman–Crippen LogP) is 1.50. The molecule has 94 valence electrons. The standard InChI is InChI=1S/C17H16N2/c1-3-7-13(8-4-1)15-17-16(19(17)12-11-18-15)14-9-5-2-6-10-14/h1-10,16-17H,11-12H2/p+1/t16-,17-,19?/m1/s1. The van der Waals surface area contributed by atoms with Gasteiger partial charge in [0.2, 0.25) is 0 Å². The number of nitrogens with zero attached hydrogens (tertiary/aromatic N) is 1. The second-order valence-corrected chi connectivity index (χ2v) is 5.32. The topological polar surface area (TPSA) is 16.8 Å². The highest BCUT2D eigenvalue weighted by Gasteiger charge is 2.59. The molecule has 2 aliphatic rings. The van der Waals surface area contributed by atoms with E-state index in [4.69, 9.17) is 4.99 Å². The molecule has 0 radical (unpaired) electrons. The van der Waals surface area contributed by atoms with Gasteiger partial charge in [0.1, 0.15) is 5.71 Å². The maximum atomic E-state index is 4.79. The van der Waals surface area contributed by atoms with Crippen molar-refractivity contribution in [3.8, 4) is 0 Å². The molecule has 1 N–H and O–H groups in total. The van der Waals surface area contributed by atoms with Crippen molar-refractivity contribution in [3.05, 3.63) is 71.8 Å². The van der Waals surface area contributed by atoms with E-state index >= 15 is 0 Å². The van der Waals surface area contributed by atoms with Gasteiger partial charge in [-0.1, -0.05) is 60.7 Å². The van der Waals surface area contributed by atoms with E-state index in [0.29, 0.717) is 12.1 Å². The lowest BCUT2D eigenvalue weighted by Gasteiger charge is -2.08. The van der Waals surface area contributed by atoms with Crippen molar-refractivity contribution in [1.29, 1.82) is 0 Å². The summed E-state index contributed by atoms with van der Waals surface area (Å²) < 4.78 is 0. The van der Waals surface area contributed by atoms with Crippen molar-refractivity contribution in [2.24, 2.45) is 4.99 Å². The maximum Gasteiger partial charge on any atom is 0.188 e. The van der Waals surface area contributed by atoms with Gasteiger partial charge in [0.25, 0.3) is 0 Å². The Morgan fingerprint density at radius 1 is 0.842 bits per heavy atom. The van der Waals surface area contributed by atoms with Gasteiger partial charge in [-0.2, -0.15) is 0 Å². The van der Waals surface area contributed by atoms with Crippen LogP contribution in [0.3, 0.4) is 0 Å². The van der Waals surface area contributed by atoms with E-state index in [9.17, 15) is 0 Å². The van der Waals surface area contributed by atoms with Crippen LogP contribution in [-0.2, 0) is 0 Å². The molecule has 2 aromatic rings. The molecule has 19 heavy (non-hydrogen) atoms. The largest absolute Gasteiger partial charge is 0.309 e. The summed E-state index contributed by atoms with van der Waals surface area (Å²) in [5, 5.41) is 0. The Morgan fingerprint density at radius 3 is 2.26 bits per heavy atom. The van der Waals surface area contributed by atoms with Crippen LogP contribution in [0.4, 0.5) is 0 Å². The molecule has 0 saturated carbocycles. The van der Waals surface area contributed by atoms with Crippen LogP contribution in [0.2, 0.25) is 0 Å². The van der Waals surface area contributed by atoms with Gasteiger partial charge < -0.3 is 4.90 Å². The van der Waals surface area contributed by atoms with Crippen LogP contribution in [0.25, 0.3) is 0 Å². The molecule has 2 aliphatic heterocycles. The molecule has 4 rings (SSSR count). The molecule has 0 amide bonds. The first-order chi connectivity index (χ1) is 9.45. The van der Waals surface area contributed by atoms with Gasteiger partial charge in [0.15, 0.2) is 12.1 Å².